The van der Waals surface area contributed by atoms with E-state index in [2.05, 4.69) is 17.0 Å². The molecule has 2 amide bonds. The Morgan fingerprint density at radius 1 is 0.842 bits per heavy atom. The van der Waals surface area contributed by atoms with E-state index >= 15 is 0 Å². The lowest BCUT2D eigenvalue weighted by atomic mass is 9.99. The van der Waals surface area contributed by atoms with E-state index in [0.29, 0.717) is 42.4 Å². The van der Waals surface area contributed by atoms with Crippen molar-refractivity contribution in [3.63, 3.8) is 0 Å². The molecule has 1 fully saturated rings. The zero-order valence-electron chi connectivity index (χ0n) is 22.1. The molecule has 3 aromatic rings. The number of piperazine rings is 1. The van der Waals surface area contributed by atoms with Crippen LogP contribution in [0.25, 0.3) is 0 Å². The van der Waals surface area contributed by atoms with Crippen LogP contribution in [-0.2, 0) is 11.3 Å². The first-order valence-electron chi connectivity index (χ1n) is 12.8. The minimum atomic E-state index is -0.497. The number of nitrogens with zero attached hydrogens (tertiary/aromatic N) is 3. The molecule has 2 aliphatic rings. The summed E-state index contributed by atoms with van der Waals surface area (Å²) in [4.78, 5) is 33.2. The van der Waals surface area contributed by atoms with Gasteiger partial charge in [0.2, 0.25) is 11.7 Å². The number of rotatable bonds is 8. The molecule has 198 valence electrons. The summed E-state index contributed by atoms with van der Waals surface area (Å²) >= 11 is 0. The average Bonchev–Trinajstić information content (AvgIpc) is 3.31. The maximum atomic E-state index is 13.7. The number of benzene rings is 3. The molecular weight excluding hydrogens is 482 g/mol. The van der Waals surface area contributed by atoms with E-state index in [1.54, 1.807) is 26.2 Å². The van der Waals surface area contributed by atoms with Gasteiger partial charge in [0.1, 0.15) is 0 Å². The number of hydrogen-bond donors (Lipinski definition) is 0. The van der Waals surface area contributed by atoms with Crippen LogP contribution >= 0.6 is 0 Å². The van der Waals surface area contributed by atoms with Crippen molar-refractivity contribution in [2.75, 3.05) is 52.4 Å². The Bertz CT molecular complexity index is 1280. The van der Waals surface area contributed by atoms with Gasteiger partial charge in [0.15, 0.2) is 11.5 Å². The van der Waals surface area contributed by atoms with Gasteiger partial charge >= 0.3 is 0 Å². The van der Waals surface area contributed by atoms with Crippen molar-refractivity contribution in [2.24, 2.45) is 0 Å². The van der Waals surface area contributed by atoms with Crippen molar-refractivity contribution in [1.82, 2.24) is 9.80 Å². The molecule has 0 spiro atoms. The molecule has 0 aromatic heterocycles. The summed E-state index contributed by atoms with van der Waals surface area (Å²) in [6, 6.07) is 21.0. The van der Waals surface area contributed by atoms with Gasteiger partial charge in [0.25, 0.3) is 5.91 Å². The normalized spacial score (nSPS) is 15.8. The molecule has 5 rings (SSSR count). The molecule has 2 heterocycles. The number of carbonyl (C=O) groups excluding carboxylic acids is 2. The van der Waals surface area contributed by atoms with Crippen LogP contribution in [0.15, 0.2) is 66.7 Å². The van der Waals surface area contributed by atoms with Crippen LogP contribution in [0, 0.1) is 0 Å². The van der Waals surface area contributed by atoms with Gasteiger partial charge in [-0.1, -0.05) is 36.4 Å². The SMILES string of the molecule is COc1cc([C@H](CC(=O)N2CCN(c3ccccc3)CC2)N2Cc3ccccc3C2=O)cc(OC)c1OC. The third-order valence-electron chi connectivity index (χ3n) is 7.42. The summed E-state index contributed by atoms with van der Waals surface area (Å²) in [7, 11) is 4.67. The first kappa shape index (κ1) is 25.4. The largest absolute Gasteiger partial charge is 0.493 e. The summed E-state index contributed by atoms with van der Waals surface area (Å²) < 4.78 is 16.7. The predicted octanol–water partition coefficient (Wildman–Crippen LogP) is 4.15. The molecule has 38 heavy (non-hydrogen) atoms. The molecule has 0 N–H and O–H groups in total. The summed E-state index contributed by atoms with van der Waals surface area (Å²) in [6.45, 7) is 3.22. The summed E-state index contributed by atoms with van der Waals surface area (Å²) in [6.07, 6.45) is 0.156. The second-order valence-electron chi connectivity index (χ2n) is 9.47. The van der Waals surface area contributed by atoms with Crippen LogP contribution < -0.4 is 19.1 Å². The fraction of sp³-hybridized carbons (Fsp3) is 0.333. The highest BCUT2D eigenvalue weighted by atomic mass is 16.5. The predicted molar refractivity (Wildman–Crippen MR) is 145 cm³/mol. The van der Waals surface area contributed by atoms with Crippen LogP contribution in [0.4, 0.5) is 5.69 Å². The van der Waals surface area contributed by atoms with E-state index in [4.69, 9.17) is 14.2 Å². The smallest absolute Gasteiger partial charge is 0.255 e. The lowest BCUT2D eigenvalue weighted by Gasteiger charge is -2.37. The highest BCUT2D eigenvalue weighted by molar-refractivity contribution is 5.99. The minimum Gasteiger partial charge on any atom is -0.493 e. The van der Waals surface area contributed by atoms with Gasteiger partial charge in [-0.15, -0.1) is 0 Å². The third-order valence-corrected chi connectivity index (χ3v) is 7.42. The fourth-order valence-electron chi connectivity index (χ4n) is 5.38. The van der Waals surface area contributed by atoms with Crippen LogP contribution in [0.2, 0.25) is 0 Å². The van der Waals surface area contributed by atoms with Gasteiger partial charge in [-0.25, -0.2) is 0 Å². The number of hydrogen-bond acceptors (Lipinski definition) is 6. The van der Waals surface area contributed by atoms with Gasteiger partial charge in [0, 0.05) is 44.0 Å². The first-order valence-corrected chi connectivity index (χ1v) is 12.8. The second-order valence-corrected chi connectivity index (χ2v) is 9.47. The Labute approximate surface area is 223 Å². The lowest BCUT2D eigenvalue weighted by Crippen LogP contribution is -2.49. The van der Waals surface area contributed by atoms with Crippen LogP contribution in [0.5, 0.6) is 17.2 Å². The standard InChI is InChI=1S/C30H33N3O5/c1-36-26-17-22(18-27(37-2)29(26)38-3)25(33-20-21-9-7-8-12-24(21)30(33)35)19-28(34)32-15-13-31(14-16-32)23-10-5-4-6-11-23/h4-12,17-18,25H,13-16,19-20H2,1-3H3/t25-/m0/s1. The Morgan fingerprint density at radius 3 is 2.08 bits per heavy atom. The molecule has 1 saturated heterocycles. The molecule has 1 atom stereocenters. The van der Waals surface area contributed by atoms with Gasteiger partial charge < -0.3 is 28.9 Å². The number of fused-ring (bicyclic) bond motifs is 1. The number of methoxy groups -OCH3 is 3. The van der Waals surface area contributed by atoms with Gasteiger partial charge in [-0.3, -0.25) is 9.59 Å². The molecule has 0 bridgehead atoms. The molecule has 0 unspecified atom stereocenters. The monoisotopic (exact) mass is 515 g/mol. The third kappa shape index (κ3) is 4.86. The Balaban J connectivity index is 1.42. The van der Waals surface area contributed by atoms with Crippen molar-refractivity contribution in [2.45, 2.75) is 19.0 Å². The molecular formula is C30H33N3O5. The van der Waals surface area contributed by atoms with E-state index < -0.39 is 6.04 Å². The van der Waals surface area contributed by atoms with Crippen LogP contribution in [-0.4, -0.2) is 69.1 Å². The number of ether oxygens (including phenoxy) is 3. The van der Waals surface area contributed by atoms with E-state index in [9.17, 15) is 9.59 Å². The highest BCUT2D eigenvalue weighted by Gasteiger charge is 2.36. The van der Waals surface area contributed by atoms with Crippen molar-refractivity contribution < 1.29 is 23.8 Å². The molecule has 8 nitrogen and oxygen atoms in total. The summed E-state index contributed by atoms with van der Waals surface area (Å²) in [5, 5.41) is 0. The average molecular weight is 516 g/mol. The van der Waals surface area contributed by atoms with Gasteiger partial charge in [0.05, 0.1) is 33.8 Å². The molecule has 2 aliphatic heterocycles. The molecule has 0 radical (unpaired) electrons. The Hall–Kier alpha value is -4.20. The maximum absolute atomic E-state index is 13.7. The van der Waals surface area contributed by atoms with Gasteiger partial charge in [-0.05, 0) is 41.5 Å². The number of amides is 2. The zero-order valence-corrected chi connectivity index (χ0v) is 22.1. The number of carbonyl (C=O) groups is 2. The van der Waals surface area contributed by atoms with Crippen molar-refractivity contribution in [3.05, 3.63) is 83.4 Å². The summed E-state index contributed by atoms with van der Waals surface area (Å²) in [5.41, 5.74) is 3.56. The van der Waals surface area contributed by atoms with Crippen molar-refractivity contribution in [3.8, 4) is 17.2 Å². The molecule has 3 aromatic carbocycles. The summed E-state index contributed by atoms with van der Waals surface area (Å²) in [5.74, 6) is 1.37. The Morgan fingerprint density at radius 2 is 1.47 bits per heavy atom. The first-order chi connectivity index (χ1) is 18.5. The zero-order chi connectivity index (χ0) is 26.6. The van der Waals surface area contributed by atoms with Crippen LogP contribution in [0.3, 0.4) is 0 Å². The van der Waals surface area contributed by atoms with Crippen molar-refractivity contribution >= 4 is 17.5 Å². The lowest BCUT2D eigenvalue weighted by molar-refractivity contribution is -0.132. The topological polar surface area (TPSA) is 71.6 Å². The van der Waals surface area contributed by atoms with E-state index in [1.165, 1.54) is 0 Å². The molecule has 0 saturated carbocycles. The van der Waals surface area contributed by atoms with Crippen LogP contribution in [0.1, 0.15) is 33.9 Å². The quantitative estimate of drug-likeness (QED) is 0.449. The highest BCUT2D eigenvalue weighted by Crippen LogP contribution is 2.43. The minimum absolute atomic E-state index is 0.0141. The van der Waals surface area contributed by atoms with E-state index in [-0.39, 0.29) is 18.2 Å². The molecule has 8 heteroatoms. The number of anilines is 1. The number of para-hydroxylation sites is 1. The van der Waals surface area contributed by atoms with E-state index in [1.807, 2.05) is 59.5 Å². The van der Waals surface area contributed by atoms with Crippen molar-refractivity contribution in [1.29, 1.82) is 0 Å². The Kier molecular flexibility index (Phi) is 7.40. The fourth-order valence-corrected chi connectivity index (χ4v) is 5.38. The van der Waals surface area contributed by atoms with Gasteiger partial charge in [-0.2, -0.15) is 0 Å². The molecule has 0 aliphatic carbocycles. The van der Waals surface area contributed by atoms with E-state index in [0.717, 1.165) is 29.9 Å². The maximum Gasteiger partial charge on any atom is 0.255 e. The second kappa shape index (κ2) is 11.0.